The molecule has 0 spiro atoms. The third-order valence-corrected chi connectivity index (χ3v) is 3.85. The Morgan fingerprint density at radius 1 is 1.14 bits per heavy atom. The zero-order valence-electron chi connectivity index (χ0n) is 11.0. The van der Waals surface area contributed by atoms with Crippen LogP contribution in [0.2, 0.25) is 0 Å². The predicted octanol–water partition coefficient (Wildman–Crippen LogP) is 3.36. The van der Waals surface area contributed by atoms with E-state index in [9.17, 15) is 18.0 Å². The van der Waals surface area contributed by atoms with Gasteiger partial charge in [-0.3, -0.25) is 9.78 Å². The highest BCUT2D eigenvalue weighted by molar-refractivity contribution is 6.08. The Morgan fingerprint density at radius 2 is 1.81 bits per heavy atom. The number of carbonyl (C=O) groups is 1. The highest BCUT2D eigenvalue weighted by Crippen LogP contribution is 2.44. The van der Waals surface area contributed by atoms with Crippen LogP contribution in [0.1, 0.15) is 23.6 Å². The molecule has 2 heterocycles. The molecule has 0 aliphatic carbocycles. The molecule has 0 fully saturated rings. The second-order valence-electron chi connectivity index (χ2n) is 5.07. The van der Waals surface area contributed by atoms with Gasteiger partial charge in [-0.1, -0.05) is 6.07 Å². The lowest BCUT2D eigenvalue weighted by molar-refractivity contribution is -0.137. The topological polar surface area (TPSA) is 42.0 Å². The minimum absolute atomic E-state index is 0.203. The molecule has 3 rings (SSSR count). The number of nitrogens with zero attached hydrogens (tertiary/aromatic N) is 1. The summed E-state index contributed by atoms with van der Waals surface area (Å²) in [5.74, 6) is -0.344. The van der Waals surface area contributed by atoms with Crippen LogP contribution in [0.15, 0.2) is 42.7 Å². The van der Waals surface area contributed by atoms with E-state index in [0.717, 1.165) is 12.1 Å². The van der Waals surface area contributed by atoms with Crippen molar-refractivity contribution in [1.29, 1.82) is 0 Å². The summed E-state index contributed by atoms with van der Waals surface area (Å²) in [6.45, 7) is 1.69. The van der Waals surface area contributed by atoms with E-state index in [-0.39, 0.29) is 11.6 Å². The molecule has 1 amide bonds. The SMILES string of the molecule is CC1(c2ccncc2)C(=O)Nc2cc(C(F)(F)F)ccc21. The molecular formula is C15H11F3N2O. The van der Waals surface area contributed by atoms with Gasteiger partial charge in [0.1, 0.15) is 0 Å². The van der Waals surface area contributed by atoms with Crippen LogP contribution < -0.4 is 5.32 Å². The second-order valence-corrected chi connectivity index (χ2v) is 5.07. The quantitative estimate of drug-likeness (QED) is 0.875. The number of fused-ring (bicyclic) bond motifs is 1. The van der Waals surface area contributed by atoms with Crippen LogP contribution in [0, 0.1) is 0 Å². The average molecular weight is 292 g/mol. The van der Waals surface area contributed by atoms with Crippen molar-refractivity contribution >= 4 is 11.6 Å². The zero-order valence-corrected chi connectivity index (χ0v) is 11.0. The summed E-state index contributed by atoms with van der Waals surface area (Å²) in [4.78, 5) is 16.2. The Balaban J connectivity index is 2.16. The molecule has 3 nitrogen and oxygen atoms in total. The van der Waals surface area contributed by atoms with E-state index >= 15 is 0 Å². The van der Waals surface area contributed by atoms with Crippen molar-refractivity contribution in [1.82, 2.24) is 4.98 Å². The van der Waals surface area contributed by atoms with E-state index in [1.165, 1.54) is 6.07 Å². The maximum Gasteiger partial charge on any atom is 0.416 e. The number of nitrogens with one attached hydrogen (secondary N) is 1. The number of benzene rings is 1. The van der Waals surface area contributed by atoms with E-state index in [4.69, 9.17) is 0 Å². The first kappa shape index (κ1) is 13.6. The fourth-order valence-corrected chi connectivity index (χ4v) is 2.60. The Bertz CT molecular complexity index is 713. The summed E-state index contributed by atoms with van der Waals surface area (Å²) < 4.78 is 38.2. The first-order valence-corrected chi connectivity index (χ1v) is 6.27. The van der Waals surface area contributed by atoms with Crippen LogP contribution in [0.25, 0.3) is 0 Å². The molecule has 108 valence electrons. The largest absolute Gasteiger partial charge is 0.416 e. The highest BCUT2D eigenvalue weighted by Gasteiger charge is 2.45. The fraction of sp³-hybridized carbons (Fsp3) is 0.200. The molecule has 0 saturated carbocycles. The molecule has 0 saturated heterocycles. The monoisotopic (exact) mass is 292 g/mol. The molecule has 0 bridgehead atoms. The van der Waals surface area contributed by atoms with E-state index in [1.54, 1.807) is 31.5 Å². The van der Waals surface area contributed by atoms with Crippen molar-refractivity contribution in [3.05, 3.63) is 59.4 Å². The first-order valence-electron chi connectivity index (χ1n) is 6.27. The molecule has 1 atom stereocenters. The molecule has 1 aliphatic heterocycles. The molecule has 2 aromatic rings. The number of alkyl halides is 3. The van der Waals surface area contributed by atoms with Gasteiger partial charge in [-0.15, -0.1) is 0 Å². The minimum atomic E-state index is -4.44. The summed E-state index contributed by atoms with van der Waals surface area (Å²) in [7, 11) is 0. The number of pyridine rings is 1. The standard InChI is InChI=1S/C15H11F3N2O/c1-14(9-4-6-19-7-5-9)11-3-2-10(15(16,17)18)8-12(11)20-13(14)21/h2-8H,1H3,(H,20,21). The van der Waals surface area contributed by atoms with Crippen molar-refractivity contribution in [2.24, 2.45) is 0 Å². The van der Waals surface area contributed by atoms with Gasteiger partial charge in [0.05, 0.1) is 11.0 Å². The molecular weight excluding hydrogens is 281 g/mol. The lowest BCUT2D eigenvalue weighted by atomic mass is 9.77. The Hall–Kier alpha value is -2.37. The lowest BCUT2D eigenvalue weighted by Crippen LogP contribution is -2.32. The molecule has 1 aromatic carbocycles. The number of hydrogen-bond donors (Lipinski definition) is 1. The molecule has 0 radical (unpaired) electrons. The van der Waals surface area contributed by atoms with Crippen LogP contribution in [-0.2, 0) is 16.4 Å². The molecule has 6 heteroatoms. The van der Waals surface area contributed by atoms with E-state index < -0.39 is 17.2 Å². The van der Waals surface area contributed by atoms with Gasteiger partial charge in [0.25, 0.3) is 0 Å². The Labute approximate surface area is 118 Å². The third kappa shape index (κ3) is 1.98. The van der Waals surface area contributed by atoms with Crippen LogP contribution >= 0.6 is 0 Å². The average Bonchev–Trinajstić information content (AvgIpc) is 2.71. The first-order chi connectivity index (χ1) is 9.83. The lowest BCUT2D eigenvalue weighted by Gasteiger charge is -2.22. The van der Waals surface area contributed by atoms with Crippen molar-refractivity contribution in [3.8, 4) is 0 Å². The van der Waals surface area contributed by atoms with Crippen LogP contribution in [0.5, 0.6) is 0 Å². The zero-order chi connectivity index (χ0) is 15.3. The normalized spacial score (nSPS) is 21.0. The summed E-state index contributed by atoms with van der Waals surface area (Å²) in [5.41, 5.74) is -0.363. The summed E-state index contributed by atoms with van der Waals surface area (Å²) in [6.07, 6.45) is -1.33. The fourth-order valence-electron chi connectivity index (χ4n) is 2.60. The van der Waals surface area contributed by atoms with E-state index in [0.29, 0.717) is 11.1 Å². The van der Waals surface area contributed by atoms with Gasteiger partial charge in [0, 0.05) is 18.1 Å². The van der Waals surface area contributed by atoms with E-state index in [1.807, 2.05) is 0 Å². The number of anilines is 1. The maximum atomic E-state index is 12.7. The second kappa shape index (κ2) is 4.31. The van der Waals surface area contributed by atoms with Gasteiger partial charge in [0.15, 0.2) is 0 Å². The van der Waals surface area contributed by atoms with E-state index in [2.05, 4.69) is 10.3 Å². The number of aromatic nitrogens is 1. The Morgan fingerprint density at radius 3 is 2.43 bits per heavy atom. The van der Waals surface area contributed by atoms with Gasteiger partial charge < -0.3 is 5.32 Å². The summed E-state index contributed by atoms with van der Waals surface area (Å²) in [6, 6.07) is 6.70. The number of halogens is 3. The maximum absolute atomic E-state index is 12.7. The molecule has 1 unspecified atom stereocenters. The minimum Gasteiger partial charge on any atom is -0.325 e. The summed E-state index contributed by atoms with van der Waals surface area (Å²) >= 11 is 0. The molecule has 1 aromatic heterocycles. The predicted molar refractivity (Wildman–Crippen MR) is 70.8 cm³/mol. The van der Waals surface area contributed by atoms with Crippen LogP contribution in [0.3, 0.4) is 0 Å². The highest BCUT2D eigenvalue weighted by atomic mass is 19.4. The molecule has 1 N–H and O–H groups in total. The van der Waals surface area contributed by atoms with Crippen molar-refractivity contribution in [3.63, 3.8) is 0 Å². The van der Waals surface area contributed by atoms with Gasteiger partial charge in [0.2, 0.25) is 5.91 Å². The third-order valence-electron chi connectivity index (χ3n) is 3.85. The van der Waals surface area contributed by atoms with Gasteiger partial charge >= 0.3 is 6.18 Å². The summed E-state index contributed by atoms with van der Waals surface area (Å²) in [5, 5.41) is 2.54. The molecule has 1 aliphatic rings. The van der Waals surface area contributed by atoms with Crippen LogP contribution in [-0.4, -0.2) is 10.9 Å². The van der Waals surface area contributed by atoms with Gasteiger partial charge in [-0.2, -0.15) is 13.2 Å². The van der Waals surface area contributed by atoms with Crippen LogP contribution in [0.4, 0.5) is 18.9 Å². The number of rotatable bonds is 1. The molecule has 21 heavy (non-hydrogen) atoms. The van der Waals surface area contributed by atoms with Gasteiger partial charge in [-0.25, -0.2) is 0 Å². The van der Waals surface area contributed by atoms with Crippen molar-refractivity contribution in [2.45, 2.75) is 18.5 Å². The van der Waals surface area contributed by atoms with Crippen molar-refractivity contribution < 1.29 is 18.0 Å². The number of amides is 1. The smallest absolute Gasteiger partial charge is 0.325 e. The number of carbonyl (C=O) groups excluding carboxylic acids is 1. The van der Waals surface area contributed by atoms with Gasteiger partial charge in [-0.05, 0) is 42.3 Å². The Kier molecular flexibility index (Phi) is 2.79. The number of hydrogen-bond acceptors (Lipinski definition) is 2. The van der Waals surface area contributed by atoms with Crippen molar-refractivity contribution in [2.75, 3.05) is 5.32 Å².